The normalized spacial score (nSPS) is 11.6. The Morgan fingerprint density at radius 3 is 2.14 bits per heavy atom. The molecule has 0 aromatic carbocycles. The molecule has 0 aliphatic heterocycles. The molecule has 0 radical (unpaired) electrons. The molecule has 1 aromatic rings. The van der Waals surface area contributed by atoms with Crippen LogP contribution in [-0.2, 0) is 10.0 Å². The summed E-state index contributed by atoms with van der Waals surface area (Å²) in [4.78, 5) is 11.4. The van der Waals surface area contributed by atoms with Gasteiger partial charge in [-0.1, -0.05) is 0 Å². The van der Waals surface area contributed by atoms with E-state index in [1.807, 2.05) is 0 Å². The average Bonchev–Trinajstić information content (AvgIpc) is 2.23. The predicted octanol–water partition coefficient (Wildman–Crippen LogP) is 0.711. The SMILES string of the molecule is Cc1sc(C)c(S(N)(=O)=O)c1C(=O)O. The monoisotopic (exact) mass is 235 g/mol. The van der Waals surface area contributed by atoms with E-state index >= 15 is 0 Å². The Labute approximate surface area is 85.2 Å². The lowest BCUT2D eigenvalue weighted by atomic mass is 10.2. The molecule has 1 aromatic heterocycles. The molecule has 0 aliphatic carbocycles. The Bertz CT molecular complexity index is 486. The number of carbonyl (C=O) groups is 1. The van der Waals surface area contributed by atoms with Crippen LogP contribution in [0.4, 0.5) is 0 Å². The van der Waals surface area contributed by atoms with E-state index in [9.17, 15) is 13.2 Å². The minimum atomic E-state index is -3.96. The van der Waals surface area contributed by atoms with E-state index in [2.05, 4.69) is 0 Å². The van der Waals surface area contributed by atoms with Crippen molar-refractivity contribution in [2.24, 2.45) is 5.14 Å². The molecule has 3 N–H and O–H groups in total. The van der Waals surface area contributed by atoms with Crippen molar-refractivity contribution < 1.29 is 18.3 Å². The van der Waals surface area contributed by atoms with E-state index in [1.54, 1.807) is 6.92 Å². The van der Waals surface area contributed by atoms with Crippen LogP contribution < -0.4 is 5.14 Å². The number of nitrogens with two attached hydrogens (primary N) is 1. The van der Waals surface area contributed by atoms with Gasteiger partial charge in [-0.25, -0.2) is 18.4 Å². The number of primary sulfonamides is 1. The maximum atomic E-state index is 11.1. The van der Waals surface area contributed by atoms with E-state index in [-0.39, 0.29) is 10.5 Å². The van der Waals surface area contributed by atoms with Gasteiger partial charge in [0.05, 0.1) is 5.56 Å². The maximum Gasteiger partial charge on any atom is 0.338 e. The smallest absolute Gasteiger partial charge is 0.338 e. The average molecular weight is 235 g/mol. The highest BCUT2D eigenvalue weighted by molar-refractivity contribution is 7.89. The molecule has 78 valence electrons. The number of aromatic carboxylic acids is 1. The van der Waals surface area contributed by atoms with Gasteiger partial charge in [0.25, 0.3) is 0 Å². The molecule has 0 amide bonds. The van der Waals surface area contributed by atoms with Gasteiger partial charge in [0, 0.05) is 9.75 Å². The summed E-state index contributed by atoms with van der Waals surface area (Å²) in [7, 11) is -3.96. The lowest BCUT2D eigenvalue weighted by Crippen LogP contribution is -2.16. The zero-order valence-electron chi connectivity index (χ0n) is 7.57. The van der Waals surface area contributed by atoms with Crippen LogP contribution in [0.3, 0.4) is 0 Å². The van der Waals surface area contributed by atoms with Gasteiger partial charge >= 0.3 is 5.97 Å². The molecule has 0 atom stereocenters. The largest absolute Gasteiger partial charge is 0.478 e. The van der Waals surface area contributed by atoms with Crippen molar-refractivity contribution in [3.8, 4) is 0 Å². The fourth-order valence-electron chi connectivity index (χ4n) is 1.25. The second-order valence-corrected chi connectivity index (χ2v) is 5.70. The van der Waals surface area contributed by atoms with Gasteiger partial charge in [0.2, 0.25) is 10.0 Å². The van der Waals surface area contributed by atoms with Crippen molar-refractivity contribution in [1.29, 1.82) is 0 Å². The standard InChI is InChI=1S/C7H9NO4S2/c1-3-5(7(9)10)6(4(2)13-3)14(8,11)12/h1-2H3,(H,9,10)(H2,8,11,12). The summed E-state index contributed by atoms with van der Waals surface area (Å²) in [5.74, 6) is -1.27. The van der Waals surface area contributed by atoms with Gasteiger partial charge < -0.3 is 5.11 Å². The predicted molar refractivity (Wildman–Crippen MR) is 52.1 cm³/mol. The summed E-state index contributed by atoms with van der Waals surface area (Å²) < 4.78 is 22.2. The van der Waals surface area contributed by atoms with Crippen LogP contribution in [-0.4, -0.2) is 19.5 Å². The lowest BCUT2D eigenvalue weighted by molar-refractivity contribution is 0.0692. The van der Waals surface area contributed by atoms with Crippen LogP contribution in [0.1, 0.15) is 20.1 Å². The number of carboxylic acids is 1. The summed E-state index contributed by atoms with van der Waals surface area (Å²) in [6, 6.07) is 0. The summed E-state index contributed by atoms with van der Waals surface area (Å²) >= 11 is 1.11. The van der Waals surface area contributed by atoms with E-state index < -0.39 is 16.0 Å². The molecule has 0 fully saturated rings. The Hall–Kier alpha value is -0.920. The third-order valence-electron chi connectivity index (χ3n) is 1.70. The molecule has 0 aliphatic rings. The molecular formula is C7H9NO4S2. The molecule has 0 bridgehead atoms. The number of hydrogen-bond acceptors (Lipinski definition) is 4. The molecule has 0 unspecified atom stereocenters. The summed E-state index contributed by atoms with van der Waals surface area (Å²) in [6.45, 7) is 3.08. The van der Waals surface area contributed by atoms with Crippen molar-refractivity contribution >= 4 is 27.3 Å². The minimum absolute atomic E-state index is 0.213. The van der Waals surface area contributed by atoms with Crippen molar-refractivity contribution in [3.63, 3.8) is 0 Å². The number of carboxylic acid groups (broad SMARTS) is 1. The van der Waals surface area contributed by atoms with Gasteiger partial charge in [-0.2, -0.15) is 0 Å². The third kappa shape index (κ3) is 1.79. The Balaban J connectivity index is 3.65. The van der Waals surface area contributed by atoms with E-state index in [4.69, 9.17) is 10.2 Å². The Kier molecular flexibility index (Phi) is 2.66. The molecule has 1 heterocycles. The third-order valence-corrected chi connectivity index (χ3v) is 3.93. The van der Waals surface area contributed by atoms with Crippen LogP contribution in [0, 0.1) is 13.8 Å². The molecule has 0 spiro atoms. The van der Waals surface area contributed by atoms with Gasteiger partial charge in [0.1, 0.15) is 4.90 Å². The first kappa shape index (κ1) is 11.2. The van der Waals surface area contributed by atoms with Crippen LogP contribution in [0.2, 0.25) is 0 Å². The van der Waals surface area contributed by atoms with Crippen molar-refractivity contribution in [2.75, 3.05) is 0 Å². The minimum Gasteiger partial charge on any atom is -0.478 e. The molecule has 0 saturated carbocycles. The van der Waals surface area contributed by atoms with Gasteiger partial charge in [0.15, 0.2) is 0 Å². The van der Waals surface area contributed by atoms with E-state index in [0.717, 1.165) is 11.3 Å². The molecule has 0 saturated heterocycles. The zero-order valence-corrected chi connectivity index (χ0v) is 9.20. The summed E-state index contributed by atoms with van der Waals surface area (Å²) in [6.07, 6.45) is 0. The van der Waals surface area contributed by atoms with Crippen LogP contribution in [0.5, 0.6) is 0 Å². The number of aryl methyl sites for hydroxylation is 2. The van der Waals surface area contributed by atoms with Crippen LogP contribution >= 0.6 is 11.3 Å². The second-order valence-electron chi connectivity index (χ2n) is 2.77. The number of thiophene rings is 1. The maximum absolute atomic E-state index is 11.1. The van der Waals surface area contributed by atoms with Crippen molar-refractivity contribution in [2.45, 2.75) is 18.7 Å². The fraction of sp³-hybridized carbons (Fsp3) is 0.286. The fourth-order valence-corrected chi connectivity index (χ4v) is 3.66. The second kappa shape index (κ2) is 3.34. The summed E-state index contributed by atoms with van der Waals surface area (Å²) in [5, 5.41) is 13.7. The number of rotatable bonds is 2. The Morgan fingerprint density at radius 2 is 1.86 bits per heavy atom. The molecule has 7 heteroatoms. The van der Waals surface area contributed by atoms with Gasteiger partial charge in [-0.05, 0) is 13.8 Å². The molecule has 5 nitrogen and oxygen atoms in total. The van der Waals surface area contributed by atoms with E-state index in [1.165, 1.54) is 6.92 Å². The molecule has 14 heavy (non-hydrogen) atoms. The summed E-state index contributed by atoms with van der Waals surface area (Å²) in [5.41, 5.74) is -0.213. The van der Waals surface area contributed by atoms with Gasteiger partial charge in [-0.15, -0.1) is 11.3 Å². The topological polar surface area (TPSA) is 97.5 Å². The van der Waals surface area contributed by atoms with E-state index in [0.29, 0.717) is 9.75 Å². The van der Waals surface area contributed by atoms with Crippen molar-refractivity contribution in [1.82, 2.24) is 0 Å². The number of sulfonamides is 1. The highest BCUT2D eigenvalue weighted by Gasteiger charge is 2.26. The Morgan fingerprint density at radius 1 is 1.36 bits per heavy atom. The first-order chi connectivity index (χ1) is 6.25. The van der Waals surface area contributed by atoms with Gasteiger partial charge in [-0.3, -0.25) is 0 Å². The van der Waals surface area contributed by atoms with Crippen molar-refractivity contribution in [3.05, 3.63) is 15.3 Å². The highest BCUT2D eigenvalue weighted by atomic mass is 32.2. The first-order valence-corrected chi connectivity index (χ1v) is 5.97. The highest BCUT2D eigenvalue weighted by Crippen LogP contribution is 2.30. The first-order valence-electron chi connectivity index (χ1n) is 3.61. The molecular weight excluding hydrogens is 226 g/mol. The molecule has 1 rings (SSSR count). The zero-order chi connectivity index (χ0) is 11.1. The van der Waals surface area contributed by atoms with Crippen LogP contribution in [0.25, 0.3) is 0 Å². The lowest BCUT2D eigenvalue weighted by Gasteiger charge is -1.98. The van der Waals surface area contributed by atoms with Crippen LogP contribution in [0.15, 0.2) is 4.90 Å². The number of hydrogen-bond donors (Lipinski definition) is 2. The quantitative estimate of drug-likeness (QED) is 0.788.